The van der Waals surface area contributed by atoms with Gasteiger partial charge in [0.05, 0.1) is 10.7 Å². The van der Waals surface area contributed by atoms with Crippen molar-refractivity contribution >= 4 is 17.4 Å². The highest BCUT2D eigenvalue weighted by atomic mass is 35.5. The first-order valence-corrected chi connectivity index (χ1v) is 10.2. The molecule has 0 spiro atoms. The van der Waals surface area contributed by atoms with Crippen molar-refractivity contribution in [1.29, 1.82) is 0 Å². The number of nitrogens with zero attached hydrogens (tertiary/aromatic N) is 4. The van der Waals surface area contributed by atoms with Gasteiger partial charge >= 0.3 is 6.01 Å². The average molecular weight is 433 g/mol. The first kappa shape index (κ1) is 19.3. The molecule has 1 aliphatic rings. The molecule has 0 bridgehead atoms. The lowest BCUT2D eigenvalue weighted by atomic mass is 10.0. The van der Waals surface area contributed by atoms with Crippen LogP contribution in [0.3, 0.4) is 0 Å². The molecule has 2 aromatic heterocycles. The molecule has 8 heteroatoms. The van der Waals surface area contributed by atoms with E-state index < -0.39 is 5.78 Å². The van der Waals surface area contributed by atoms with Crippen LogP contribution < -0.4 is 10.3 Å². The lowest BCUT2D eigenvalue weighted by molar-refractivity contribution is 0.103. The third kappa shape index (κ3) is 3.43. The van der Waals surface area contributed by atoms with Crippen molar-refractivity contribution in [3.8, 4) is 23.1 Å². The Morgan fingerprint density at radius 1 is 0.968 bits per heavy atom. The Labute approximate surface area is 182 Å². The monoisotopic (exact) mass is 432 g/mol. The van der Waals surface area contributed by atoms with Crippen molar-refractivity contribution in [3.63, 3.8) is 0 Å². The molecule has 0 aliphatic carbocycles. The molecule has 154 valence electrons. The third-order valence-corrected chi connectivity index (χ3v) is 5.48. The summed E-state index contributed by atoms with van der Waals surface area (Å²) >= 11 is 6.25. The fraction of sp³-hybridized carbons (Fsp3) is 0.130. The van der Waals surface area contributed by atoms with E-state index >= 15 is 0 Å². The zero-order valence-electron chi connectivity index (χ0n) is 16.4. The number of ether oxygens (including phenoxy) is 1. The average Bonchev–Trinajstić information content (AvgIpc) is 3.36. The predicted octanol–water partition coefficient (Wildman–Crippen LogP) is 4.19. The van der Waals surface area contributed by atoms with Crippen LogP contribution in [-0.4, -0.2) is 25.1 Å². The number of aromatic nitrogens is 4. The van der Waals surface area contributed by atoms with Gasteiger partial charge in [-0.3, -0.25) is 14.3 Å². The standard InChI is InChI=1S/C23H17ClN4O3/c24-17-10-5-4-9-16(17)21(29)19-20(27-13-6-14-28(27)22(19)30)18-11-12-25-23(26-18)31-15-7-2-1-3-8-15/h1-5,7-12H,6,13-14H2. The van der Waals surface area contributed by atoms with E-state index in [1.807, 2.05) is 18.2 Å². The molecule has 0 atom stereocenters. The molecule has 0 saturated heterocycles. The highest BCUT2D eigenvalue weighted by Gasteiger charge is 2.31. The van der Waals surface area contributed by atoms with Gasteiger partial charge in [0.15, 0.2) is 0 Å². The van der Waals surface area contributed by atoms with Crippen LogP contribution in [0.1, 0.15) is 22.3 Å². The van der Waals surface area contributed by atoms with Gasteiger partial charge in [-0.15, -0.1) is 0 Å². The molecular formula is C23H17ClN4O3. The second kappa shape index (κ2) is 7.85. The smallest absolute Gasteiger partial charge is 0.322 e. The Kier molecular flexibility index (Phi) is 4.88. The summed E-state index contributed by atoms with van der Waals surface area (Å²) in [6.07, 6.45) is 2.36. The van der Waals surface area contributed by atoms with Crippen molar-refractivity contribution in [3.05, 3.63) is 93.4 Å². The van der Waals surface area contributed by atoms with Crippen LogP contribution in [0.2, 0.25) is 5.02 Å². The van der Waals surface area contributed by atoms with Crippen molar-refractivity contribution in [1.82, 2.24) is 19.3 Å². The van der Waals surface area contributed by atoms with E-state index in [0.29, 0.717) is 35.2 Å². The molecule has 7 nitrogen and oxygen atoms in total. The molecule has 0 fully saturated rings. The van der Waals surface area contributed by atoms with Gasteiger partial charge in [-0.25, -0.2) is 9.67 Å². The molecule has 5 rings (SSSR count). The second-order valence-electron chi connectivity index (χ2n) is 7.08. The highest BCUT2D eigenvalue weighted by Crippen LogP contribution is 2.29. The largest absolute Gasteiger partial charge is 0.424 e. The van der Waals surface area contributed by atoms with Crippen molar-refractivity contribution in [2.75, 3.05) is 0 Å². The number of carbonyl (C=O) groups is 1. The number of hydrogen-bond donors (Lipinski definition) is 0. The fourth-order valence-corrected chi connectivity index (χ4v) is 4.00. The predicted molar refractivity (Wildman–Crippen MR) is 116 cm³/mol. The van der Waals surface area contributed by atoms with Gasteiger partial charge in [0, 0.05) is 24.8 Å². The number of benzene rings is 2. The van der Waals surface area contributed by atoms with E-state index in [9.17, 15) is 9.59 Å². The number of fused-ring (bicyclic) bond motifs is 1. The summed E-state index contributed by atoms with van der Waals surface area (Å²) in [5.74, 6) is 0.162. The van der Waals surface area contributed by atoms with E-state index in [4.69, 9.17) is 16.3 Å². The van der Waals surface area contributed by atoms with Crippen LogP contribution in [0, 0.1) is 0 Å². The summed E-state index contributed by atoms with van der Waals surface area (Å²) in [4.78, 5) is 35.2. The number of rotatable bonds is 5. The first-order valence-electron chi connectivity index (χ1n) is 9.82. The summed E-state index contributed by atoms with van der Waals surface area (Å²) in [7, 11) is 0. The normalized spacial score (nSPS) is 12.5. The van der Waals surface area contributed by atoms with Crippen LogP contribution in [0.5, 0.6) is 11.8 Å². The summed E-state index contributed by atoms with van der Waals surface area (Å²) in [6.45, 7) is 1.15. The molecule has 1 aliphatic heterocycles. The summed E-state index contributed by atoms with van der Waals surface area (Å²) in [5, 5.41) is 0.296. The Bertz CT molecular complexity index is 1340. The zero-order valence-corrected chi connectivity index (χ0v) is 17.1. The molecule has 0 unspecified atom stereocenters. The van der Waals surface area contributed by atoms with Crippen LogP contribution in [0.25, 0.3) is 11.4 Å². The Morgan fingerprint density at radius 2 is 1.71 bits per heavy atom. The van der Waals surface area contributed by atoms with Crippen molar-refractivity contribution in [2.24, 2.45) is 0 Å². The highest BCUT2D eigenvalue weighted by molar-refractivity contribution is 6.35. The van der Waals surface area contributed by atoms with E-state index in [-0.39, 0.29) is 22.7 Å². The van der Waals surface area contributed by atoms with Gasteiger partial charge in [0.25, 0.3) is 5.56 Å². The van der Waals surface area contributed by atoms with Crippen LogP contribution in [0.15, 0.2) is 71.7 Å². The minimum Gasteiger partial charge on any atom is -0.424 e. The fourth-order valence-electron chi connectivity index (χ4n) is 3.78. The maximum atomic E-state index is 13.4. The lowest BCUT2D eigenvalue weighted by Gasteiger charge is -2.09. The first-order chi connectivity index (χ1) is 15.1. The number of ketones is 1. The molecule has 2 aromatic carbocycles. The zero-order chi connectivity index (χ0) is 21.4. The molecule has 0 radical (unpaired) electrons. The van der Waals surface area contributed by atoms with Gasteiger partial charge in [0.2, 0.25) is 5.78 Å². The Hall–Kier alpha value is -3.71. The molecule has 4 aromatic rings. The van der Waals surface area contributed by atoms with Crippen LogP contribution in [0.4, 0.5) is 0 Å². The van der Waals surface area contributed by atoms with E-state index in [1.54, 1.807) is 58.0 Å². The Balaban J connectivity index is 1.64. The Morgan fingerprint density at radius 3 is 2.52 bits per heavy atom. The molecule has 3 heterocycles. The second-order valence-corrected chi connectivity index (χ2v) is 7.48. The molecular weight excluding hydrogens is 416 g/mol. The van der Waals surface area contributed by atoms with Gasteiger partial charge < -0.3 is 4.74 Å². The molecule has 31 heavy (non-hydrogen) atoms. The topological polar surface area (TPSA) is 79.0 Å². The number of carbonyl (C=O) groups excluding carboxylic acids is 1. The minimum atomic E-state index is -0.427. The minimum absolute atomic E-state index is 0.0529. The molecule has 0 amide bonds. The number of para-hydroxylation sites is 1. The molecule has 0 N–H and O–H groups in total. The molecule has 0 saturated carbocycles. The quantitative estimate of drug-likeness (QED) is 0.442. The van der Waals surface area contributed by atoms with Gasteiger partial charge in [-0.2, -0.15) is 4.98 Å². The third-order valence-electron chi connectivity index (χ3n) is 5.15. The lowest BCUT2D eigenvalue weighted by Crippen LogP contribution is -2.21. The number of hydrogen-bond acceptors (Lipinski definition) is 5. The van der Waals surface area contributed by atoms with Crippen LogP contribution >= 0.6 is 11.6 Å². The van der Waals surface area contributed by atoms with Crippen molar-refractivity contribution < 1.29 is 9.53 Å². The van der Waals surface area contributed by atoms with E-state index in [2.05, 4.69) is 9.97 Å². The van der Waals surface area contributed by atoms with E-state index in [0.717, 1.165) is 6.42 Å². The summed E-state index contributed by atoms with van der Waals surface area (Å²) in [5.41, 5.74) is 0.878. The van der Waals surface area contributed by atoms with Crippen molar-refractivity contribution in [2.45, 2.75) is 19.5 Å². The van der Waals surface area contributed by atoms with Gasteiger partial charge in [-0.1, -0.05) is 41.9 Å². The maximum absolute atomic E-state index is 13.4. The van der Waals surface area contributed by atoms with Crippen LogP contribution in [-0.2, 0) is 13.1 Å². The van der Waals surface area contributed by atoms with Gasteiger partial charge in [-0.05, 0) is 36.8 Å². The summed E-state index contributed by atoms with van der Waals surface area (Å²) < 4.78 is 9.14. The number of halogens is 1. The van der Waals surface area contributed by atoms with Gasteiger partial charge in [0.1, 0.15) is 17.0 Å². The maximum Gasteiger partial charge on any atom is 0.322 e. The SMILES string of the molecule is O=C(c1ccccc1Cl)c1c(-c2ccnc(Oc3ccccc3)n2)n2n(c1=O)CCC2. The summed E-state index contributed by atoms with van der Waals surface area (Å²) in [6, 6.07) is 17.7. The van der Waals surface area contributed by atoms with E-state index in [1.165, 1.54) is 0 Å².